The van der Waals surface area contributed by atoms with E-state index in [1.165, 1.54) is 0 Å². The summed E-state index contributed by atoms with van der Waals surface area (Å²) >= 11 is 0. The van der Waals surface area contributed by atoms with Gasteiger partial charge in [-0.1, -0.05) is 13.8 Å². The van der Waals surface area contributed by atoms with Crippen molar-refractivity contribution in [2.24, 2.45) is 17.1 Å². The standard InChI is InChI=1S/C15H28N2O3S/c1-10(7-9-21(4)19)17-13(18)15(16)11-6-5-8-20-12(11)14(15,2)3/h10-12H,5-9,16H2,1-4H3,(H,17,18). The third kappa shape index (κ3) is 2.78. The summed E-state index contributed by atoms with van der Waals surface area (Å²) in [6, 6.07) is -0.0128. The van der Waals surface area contributed by atoms with Crippen LogP contribution in [-0.2, 0) is 20.3 Å². The molecule has 3 N–H and O–H groups in total. The average Bonchev–Trinajstić information content (AvgIpc) is 2.44. The van der Waals surface area contributed by atoms with E-state index >= 15 is 0 Å². The van der Waals surface area contributed by atoms with Crippen LogP contribution in [0.1, 0.15) is 40.0 Å². The molecule has 122 valence electrons. The minimum Gasteiger partial charge on any atom is -0.377 e. The Morgan fingerprint density at radius 1 is 1.52 bits per heavy atom. The molecule has 1 heterocycles. The zero-order valence-electron chi connectivity index (χ0n) is 13.5. The van der Waals surface area contributed by atoms with E-state index in [9.17, 15) is 9.00 Å². The molecule has 5 atom stereocenters. The first-order chi connectivity index (χ1) is 9.71. The van der Waals surface area contributed by atoms with Crippen molar-refractivity contribution in [1.29, 1.82) is 0 Å². The van der Waals surface area contributed by atoms with Crippen molar-refractivity contribution in [3.63, 3.8) is 0 Å². The lowest BCUT2D eigenvalue weighted by atomic mass is 9.46. The second kappa shape index (κ2) is 5.97. The predicted octanol–water partition coefficient (Wildman–Crippen LogP) is 0.792. The quantitative estimate of drug-likeness (QED) is 0.786. The van der Waals surface area contributed by atoms with Crippen molar-refractivity contribution in [3.8, 4) is 0 Å². The summed E-state index contributed by atoms with van der Waals surface area (Å²) in [7, 11) is -0.834. The van der Waals surface area contributed by atoms with Gasteiger partial charge >= 0.3 is 0 Å². The molecule has 5 unspecified atom stereocenters. The Kier molecular flexibility index (Phi) is 4.81. The Balaban J connectivity index is 2.02. The van der Waals surface area contributed by atoms with Crippen LogP contribution in [0.3, 0.4) is 0 Å². The maximum atomic E-state index is 12.7. The second-order valence-electron chi connectivity index (χ2n) is 7.07. The lowest BCUT2D eigenvalue weighted by molar-refractivity contribution is -0.225. The zero-order valence-corrected chi connectivity index (χ0v) is 14.3. The molecule has 6 heteroatoms. The summed E-state index contributed by atoms with van der Waals surface area (Å²) in [5.41, 5.74) is 5.32. The molecule has 2 rings (SSSR count). The molecule has 5 nitrogen and oxygen atoms in total. The first-order valence-corrected chi connectivity index (χ1v) is 9.45. The summed E-state index contributed by atoms with van der Waals surface area (Å²) < 4.78 is 17.0. The molecule has 2 fully saturated rings. The van der Waals surface area contributed by atoms with Crippen LogP contribution in [0.4, 0.5) is 0 Å². The van der Waals surface area contributed by atoms with Gasteiger partial charge in [0.2, 0.25) is 5.91 Å². The molecule has 1 amide bonds. The largest absolute Gasteiger partial charge is 0.377 e. The van der Waals surface area contributed by atoms with E-state index in [1.807, 2.05) is 20.8 Å². The number of hydrogen-bond acceptors (Lipinski definition) is 4. The summed E-state index contributed by atoms with van der Waals surface area (Å²) in [4.78, 5) is 12.7. The zero-order chi connectivity index (χ0) is 15.8. The first-order valence-electron chi connectivity index (χ1n) is 7.72. The van der Waals surface area contributed by atoms with Crippen LogP contribution in [-0.4, -0.2) is 46.4 Å². The third-order valence-corrected chi connectivity index (χ3v) is 6.09. The molecule has 0 bridgehead atoms. The van der Waals surface area contributed by atoms with Crippen LogP contribution >= 0.6 is 0 Å². The van der Waals surface area contributed by atoms with E-state index in [0.717, 1.165) is 19.4 Å². The molecule has 0 aromatic heterocycles. The maximum absolute atomic E-state index is 12.7. The molecule has 0 aromatic rings. The molecule has 0 spiro atoms. The number of amides is 1. The van der Waals surface area contributed by atoms with Gasteiger partial charge in [0.1, 0.15) is 5.54 Å². The number of nitrogens with two attached hydrogens (primary N) is 1. The van der Waals surface area contributed by atoms with E-state index in [0.29, 0.717) is 12.2 Å². The first kappa shape index (κ1) is 16.9. The minimum atomic E-state index is -0.863. The summed E-state index contributed by atoms with van der Waals surface area (Å²) in [6.07, 6.45) is 4.38. The molecule has 21 heavy (non-hydrogen) atoms. The highest BCUT2D eigenvalue weighted by Gasteiger charge is 2.70. The molecule has 1 saturated heterocycles. The Hall–Kier alpha value is -0.460. The number of nitrogens with one attached hydrogen (secondary N) is 1. The number of hydrogen-bond donors (Lipinski definition) is 2. The molecule has 2 aliphatic rings. The van der Waals surface area contributed by atoms with Crippen LogP contribution in [0.5, 0.6) is 0 Å². The summed E-state index contributed by atoms with van der Waals surface area (Å²) in [5, 5.41) is 3.01. The van der Waals surface area contributed by atoms with Crippen LogP contribution in [0.25, 0.3) is 0 Å². The van der Waals surface area contributed by atoms with E-state index in [1.54, 1.807) is 6.26 Å². The van der Waals surface area contributed by atoms with Crippen molar-refractivity contribution >= 4 is 16.7 Å². The van der Waals surface area contributed by atoms with E-state index in [-0.39, 0.29) is 29.4 Å². The van der Waals surface area contributed by atoms with Crippen LogP contribution in [0, 0.1) is 11.3 Å². The van der Waals surface area contributed by atoms with Crippen molar-refractivity contribution < 1.29 is 13.7 Å². The number of rotatable bonds is 5. The maximum Gasteiger partial charge on any atom is 0.241 e. The SMILES string of the molecule is CC(CCS(C)=O)NC(=O)C1(N)C2CCCOC2C1(C)C. The molecular formula is C15H28N2O3S. The van der Waals surface area contributed by atoms with E-state index < -0.39 is 16.3 Å². The minimum absolute atomic E-state index is 0.0128. The van der Waals surface area contributed by atoms with Gasteiger partial charge in [0, 0.05) is 46.8 Å². The fourth-order valence-electron chi connectivity index (χ4n) is 3.79. The van der Waals surface area contributed by atoms with Crippen molar-refractivity contribution in [2.45, 2.75) is 57.7 Å². The number of carbonyl (C=O) groups is 1. The lowest BCUT2D eigenvalue weighted by Crippen LogP contribution is -2.82. The molecule has 1 saturated carbocycles. The van der Waals surface area contributed by atoms with Gasteiger partial charge < -0.3 is 15.8 Å². The Morgan fingerprint density at radius 2 is 2.19 bits per heavy atom. The highest BCUT2D eigenvalue weighted by atomic mass is 32.2. The lowest BCUT2D eigenvalue weighted by Gasteiger charge is -2.65. The van der Waals surface area contributed by atoms with Gasteiger partial charge in [-0.3, -0.25) is 9.00 Å². The van der Waals surface area contributed by atoms with Gasteiger partial charge in [-0.2, -0.15) is 0 Å². The van der Waals surface area contributed by atoms with Crippen molar-refractivity contribution in [1.82, 2.24) is 5.32 Å². The fourth-order valence-corrected chi connectivity index (χ4v) is 4.48. The molecule has 1 aliphatic carbocycles. The number of carbonyl (C=O) groups excluding carboxylic acids is 1. The normalized spacial score (nSPS) is 37.0. The average molecular weight is 316 g/mol. The van der Waals surface area contributed by atoms with Gasteiger partial charge in [0.05, 0.1) is 6.10 Å². The van der Waals surface area contributed by atoms with Gasteiger partial charge in [-0.05, 0) is 26.2 Å². The number of ether oxygens (including phenoxy) is 1. The van der Waals surface area contributed by atoms with Gasteiger partial charge in [-0.25, -0.2) is 0 Å². The van der Waals surface area contributed by atoms with Gasteiger partial charge in [0.25, 0.3) is 0 Å². The second-order valence-corrected chi connectivity index (χ2v) is 8.63. The molecule has 1 aliphatic heterocycles. The Morgan fingerprint density at radius 3 is 2.81 bits per heavy atom. The predicted molar refractivity (Wildman–Crippen MR) is 84.3 cm³/mol. The number of fused-ring (bicyclic) bond motifs is 1. The summed E-state index contributed by atoms with van der Waals surface area (Å²) in [6.45, 7) is 6.74. The third-order valence-electron chi connectivity index (χ3n) is 5.28. The van der Waals surface area contributed by atoms with Gasteiger partial charge in [0.15, 0.2) is 0 Å². The van der Waals surface area contributed by atoms with Gasteiger partial charge in [-0.15, -0.1) is 0 Å². The Labute approximate surface area is 129 Å². The molecule has 0 radical (unpaired) electrons. The highest BCUT2D eigenvalue weighted by molar-refractivity contribution is 7.84. The van der Waals surface area contributed by atoms with E-state index in [2.05, 4.69) is 5.32 Å². The van der Waals surface area contributed by atoms with Crippen molar-refractivity contribution in [2.75, 3.05) is 18.6 Å². The topological polar surface area (TPSA) is 81.4 Å². The van der Waals surface area contributed by atoms with Crippen LogP contribution < -0.4 is 11.1 Å². The Bertz CT molecular complexity index is 441. The summed E-state index contributed by atoms with van der Waals surface area (Å²) in [5.74, 6) is 0.611. The van der Waals surface area contributed by atoms with Crippen molar-refractivity contribution in [3.05, 3.63) is 0 Å². The van der Waals surface area contributed by atoms with Crippen LogP contribution in [0.2, 0.25) is 0 Å². The fraction of sp³-hybridized carbons (Fsp3) is 0.933. The monoisotopic (exact) mass is 316 g/mol. The van der Waals surface area contributed by atoms with Crippen LogP contribution in [0.15, 0.2) is 0 Å². The molecule has 0 aromatic carbocycles. The highest BCUT2D eigenvalue weighted by Crippen LogP contribution is 2.57. The van der Waals surface area contributed by atoms with E-state index in [4.69, 9.17) is 10.5 Å². The molecular weight excluding hydrogens is 288 g/mol. The smallest absolute Gasteiger partial charge is 0.241 e.